The molecule has 0 radical (unpaired) electrons. The van der Waals surface area contributed by atoms with Gasteiger partial charge in [-0.25, -0.2) is 9.97 Å². The molecular weight excluding hydrogens is 616 g/mol. The van der Waals surface area contributed by atoms with E-state index in [1.807, 2.05) is 45.0 Å². The van der Waals surface area contributed by atoms with Gasteiger partial charge in [-0.15, -0.1) is 0 Å². The summed E-state index contributed by atoms with van der Waals surface area (Å²) < 4.78 is 6.40. The van der Waals surface area contributed by atoms with Gasteiger partial charge in [-0.1, -0.05) is 38.8 Å². The van der Waals surface area contributed by atoms with Gasteiger partial charge in [0.05, 0.1) is 28.9 Å². The number of nitrogens with zero attached hydrogens (tertiary/aromatic N) is 2. The zero-order chi connectivity index (χ0) is 35.4. The van der Waals surface area contributed by atoms with Crippen LogP contribution in [0.3, 0.4) is 0 Å². The summed E-state index contributed by atoms with van der Waals surface area (Å²) in [6.07, 6.45) is 6.76. The molecule has 3 aromatic rings. The fraction of sp³-hybridized carbons (Fsp3) is 0.400. The quantitative estimate of drug-likeness (QED) is 0.126. The number of aromatic nitrogens is 4. The van der Waals surface area contributed by atoms with Crippen molar-refractivity contribution >= 4 is 56.3 Å². The van der Waals surface area contributed by atoms with Gasteiger partial charge in [-0.05, 0) is 112 Å². The number of hydrogen-bond acceptors (Lipinski definition) is 5. The Balaban J connectivity index is 1.84. The van der Waals surface area contributed by atoms with Gasteiger partial charge in [0.1, 0.15) is 0 Å². The Morgan fingerprint density at radius 3 is 2.08 bits per heavy atom. The van der Waals surface area contributed by atoms with Crippen LogP contribution in [-0.2, 0) is 20.7 Å². The number of aromatic amines is 2. The molecule has 0 spiro atoms. The number of hydrogen-bond donors (Lipinski definition) is 4. The largest absolute Gasteiger partial charge is 0.481 e. The van der Waals surface area contributed by atoms with E-state index in [-0.39, 0.29) is 18.9 Å². The Bertz CT molecular complexity index is 2030. The van der Waals surface area contributed by atoms with Crippen LogP contribution in [0.5, 0.6) is 0 Å². The van der Waals surface area contributed by atoms with Crippen molar-refractivity contribution in [2.45, 2.75) is 99.0 Å². The van der Waals surface area contributed by atoms with Crippen molar-refractivity contribution < 1.29 is 24.5 Å². The molecule has 0 fully saturated rings. The number of nitrogens with one attached hydrogen (secondary N) is 2. The minimum atomic E-state index is -0.881. The number of aliphatic carboxylic acids is 2. The van der Waals surface area contributed by atoms with Crippen molar-refractivity contribution in [3.05, 3.63) is 81.9 Å². The van der Waals surface area contributed by atoms with E-state index in [2.05, 4.69) is 43.4 Å². The number of rotatable bonds is 14. The van der Waals surface area contributed by atoms with Gasteiger partial charge in [0.15, 0.2) is 0 Å². The van der Waals surface area contributed by atoms with E-state index in [9.17, 15) is 19.8 Å². The first-order valence-electron chi connectivity index (χ1n) is 17.3. The Labute approximate surface area is 287 Å². The van der Waals surface area contributed by atoms with Crippen LogP contribution in [0.4, 0.5) is 0 Å². The lowest BCUT2D eigenvalue weighted by molar-refractivity contribution is -0.137. The Hall–Kier alpha value is -4.76. The lowest BCUT2D eigenvalue weighted by Crippen LogP contribution is -2.02. The van der Waals surface area contributed by atoms with Crippen LogP contribution in [0, 0.1) is 13.8 Å². The molecule has 9 heteroatoms. The van der Waals surface area contributed by atoms with E-state index in [1.165, 1.54) is 12.8 Å². The molecule has 258 valence electrons. The summed E-state index contributed by atoms with van der Waals surface area (Å²) in [5.74, 6) is -1.76. The summed E-state index contributed by atoms with van der Waals surface area (Å²) in [5.41, 5.74) is 14.0. The number of carbonyl (C=O) groups is 2. The maximum Gasteiger partial charge on any atom is 0.303 e. The van der Waals surface area contributed by atoms with E-state index < -0.39 is 11.9 Å². The number of unbranched alkanes of at least 4 members (excludes halogenated alkanes) is 3. The molecule has 1 unspecified atom stereocenters. The molecule has 0 saturated heterocycles. The predicted octanol–water partition coefficient (Wildman–Crippen LogP) is 9.52. The second kappa shape index (κ2) is 15.2. The van der Waals surface area contributed by atoms with Crippen LogP contribution in [0.1, 0.15) is 124 Å². The van der Waals surface area contributed by atoms with Crippen molar-refractivity contribution in [1.29, 1.82) is 0 Å². The molecule has 0 aromatic carbocycles. The van der Waals surface area contributed by atoms with Crippen molar-refractivity contribution in [3.8, 4) is 0 Å². The molecule has 4 N–H and O–H groups in total. The summed E-state index contributed by atoms with van der Waals surface area (Å²) in [7, 11) is 0. The molecule has 0 aliphatic carbocycles. The number of ether oxygens (including phenoxy) is 1. The van der Waals surface area contributed by atoms with Crippen molar-refractivity contribution in [2.75, 3.05) is 6.61 Å². The van der Waals surface area contributed by atoms with Gasteiger partial charge in [-0.3, -0.25) is 9.59 Å². The van der Waals surface area contributed by atoms with Crippen LogP contribution < -0.4 is 0 Å². The molecule has 1 atom stereocenters. The van der Waals surface area contributed by atoms with E-state index in [0.29, 0.717) is 25.1 Å². The molecule has 49 heavy (non-hydrogen) atoms. The molecule has 9 nitrogen and oxygen atoms in total. The molecule has 2 aliphatic heterocycles. The van der Waals surface area contributed by atoms with Gasteiger partial charge >= 0.3 is 11.9 Å². The third-order valence-corrected chi connectivity index (χ3v) is 9.79. The number of carboxylic acids is 2. The third-order valence-electron chi connectivity index (χ3n) is 9.79. The van der Waals surface area contributed by atoms with Crippen molar-refractivity contribution in [1.82, 2.24) is 19.9 Å². The van der Waals surface area contributed by atoms with Crippen LogP contribution in [0.15, 0.2) is 36.9 Å². The van der Waals surface area contributed by atoms with Crippen molar-refractivity contribution in [2.24, 2.45) is 0 Å². The second-order valence-electron chi connectivity index (χ2n) is 13.1. The summed E-state index contributed by atoms with van der Waals surface area (Å²) in [6, 6.07) is 8.03. The molecule has 0 amide bonds. The van der Waals surface area contributed by atoms with Crippen LogP contribution in [-0.4, -0.2) is 48.7 Å². The lowest BCUT2D eigenvalue weighted by atomic mass is 10.00. The highest BCUT2D eigenvalue weighted by atomic mass is 16.5. The lowest BCUT2D eigenvalue weighted by Gasteiger charge is -2.14. The molecular formula is C40H48N4O5. The monoisotopic (exact) mass is 664 g/mol. The highest BCUT2D eigenvalue weighted by molar-refractivity contribution is 5.98. The summed E-state index contributed by atoms with van der Waals surface area (Å²) in [6.45, 7) is 17.2. The molecule has 5 rings (SSSR count). The molecule has 2 aliphatic rings. The highest BCUT2D eigenvalue weighted by Gasteiger charge is 2.22. The number of aryl methyl sites for hydroxylation is 3. The zero-order valence-electron chi connectivity index (χ0n) is 29.5. The van der Waals surface area contributed by atoms with Crippen LogP contribution in [0.2, 0.25) is 0 Å². The first-order valence-corrected chi connectivity index (χ1v) is 17.3. The Morgan fingerprint density at radius 1 is 0.796 bits per heavy atom. The maximum absolute atomic E-state index is 11.7. The molecule has 5 heterocycles. The van der Waals surface area contributed by atoms with Gasteiger partial charge in [0.2, 0.25) is 0 Å². The van der Waals surface area contributed by atoms with E-state index in [1.54, 1.807) is 0 Å². The number of H-pyrrole nitrogens is 2. The normalized spacial score (nSPS) is 13.7. The fourth-order valence-electron chi connectivity index (χ4n) is 6.90. The average molecular weight is 665 g/mol. The summed E-state index contributed by atoms with van der Waals surface area (Å²) >= 11 is 0. The number of allylic oxidation sites excluding steroid dienone is 5. The molecule has 3 aromatic heterocycles. The topological polar surface area (TPSA) is 141 Å². The second-order valence-corrected chi connectivity index (χ2v) is 13.1. The van der Waals surface area contributed by atoms with Gasteiger partial charge in [0, 0.05) is 52.7 Å². The highest BCUT2D eigenvalue weighted by Crippen LogP contribution is 2.37. The van der Waals surface area contributed by atoms with Gasteiger partial charge < -0.3 is 24.9 Å². The summed E-state index contributed by atoms with van der Waals surface area (Å²) in [5, 5.41) is 19.1. The van der Waals surface area contributed by atoms with Gasteiger partial charge in [0.25, 0.3) is 0 Å². The Morgan fingerprint density at radius 2 is 1.39 bits per heavy atom. The van der Waals surface area contributed by atoms with E-state index in [4.69, 9.17) is 14.7 Å². The molecule has 8 bridgehead atoms. The first-order chi connectivity index (χ1) is 23.4. The minimum absolute atomic E-state index is 0.0283. The maximum atomic E-state index is 11.7. The third kappa shape index (κ3) is 7.62. The van der Waals surface area contributed by atoms with E-state index in [0.717, 1.165) is 96.5 Å². The minimum Gasteiger partial charge on any atom is -0.481 e. The van der Waals surface area contributed by atoms with Crippen LogP contribution in [0.25, 0.3) is 44.4 Å². The average Bonchev–Trinajstić information content (AvgIpc) is 3.71. The number of fused-ring (bicyclic) bond motifs is 8. The smallest absolute Gasteiger partial charge is 0.303 e. The first kappa shape index (κ1) is 35.5. The van der Waals surface area contributed by atoms with E-state index >= 15 is 0 Å². The number of carboxylic acid groups (broad SMARTS) is 2. The standard InChI is InChI=1S/C40H48N4O5/c1-8-10-11-12-17-49-26(7)40-25(6)33-18-30-23(4)28(13-15-38(45)46)35(42-30)21-36-29(14-16-39(47)48)24(5)31(43-36)19-34-27(9-2)22(3)32(41-34)20-37(40)44-33/h9,18-21,26,43-44H,2,8,10-17H2,1,3-7H3,(H,45,46)(H,47,48). The predicted molar refractivity (Wildman–Crippen MR) is 197 cm³/mol. The van der Waals surface area contributed by atoms with Crippen molar-refractivity contribution in [3.63, 3.8) is 0 Å². The van der Waals surface area contributed by atoms with Gasteiger partial charge in [-0.2, -0.15) is 0 Å². The zero-order valence-corrected chi connectivity index (χ0v) is 29.5. The Kier molecular flexibility index (Phi) is 11.0. The SMILES string of the molecule is C=CC1=C(C)c2cc3[nH]c(cc4nc(cc5[nH]c(cc1n2)c(C)c5CCC(=O)O)C(CCC(=O)O)=C4C)c(C)c3C(C)OCCCCCC. The molecule has 0 saturated carbocycles. The fourth-order valence-corrected chi connectivity index (χ4v) is 6.90. The van der Waals surface area contributed by atoms with Crippen LogP contribution >= 0.6 is 0 Å². The summed E-state index contributed by atoms with van der Waals surface area (Å²) in [4.78, 5) is 40.6.